The molecule has 2 amide bonds. The molecule has 0 atom stereocenters. The van der Waals surface area contributed by atoms with Gasteiger partial charge in [-0.25, -0.2) is 8.42 Å². The van der Waals surface area contributed by atoms with Crippen LogP contribution in [0.1, 0.15) is 20.9 Å². The lowest BCUT2D eigenvalue weighted by Crippen LogP contribution is -2.26. The number of carbonyl (C=O) groups excluding carboxylic acids is 2. The molecule has 1 N–H and O–H groups in total. The summed E-state index contributed by atoms with van der Waals surface area (Å²) in [4.78, 5) is 26.2. The van der Waals surface area contributed by atoms with Crippen molar-refractivity contribution in [3.8, 4) is 0 Å². The maximum Gasteiger partial charge on any atom is 0.291 e. The number of anilines is 2. The average molecular weight is 433 g/mol. The molecule has 0 spiro atoms. The summed E-state index contributed by atoms with van der Waals surface area (Å²) < 4.78 is 27.9. The Kier molecular flexibility index (Phi) is 5.76. The van der Waals surface area contributed by atoms with Crippen LogP contribution in [-0.4, -0.2) is 33.5 Å². The van der Waals surface area contributed by atoms with Crippen molar-refractivity contribution in [3.05, 3.63) is 77.0 Å². The monoisotopic (exact) mass is 432 g/mol. The van der Waals surface area contributed by atoms with E-state index in [9.17, 15) is 18.0 Å². The van der Waals surface area contributed by atoms with Gasteiger partial charge in [-0.05, 0) is 60.7 Å². The predicted octanol–water partition coefficient (Wildman–Crippen LogP) is 3.87. The van der Waals surface area contributed by atoms with Crippen molar-refractivity contribution in [2.75, 3.05) is 23.5 Å². The summed E-state index contributed by atoms with van der Waals surface area (Å²) >= 11 is 5.84. The van der Waals surface area contributed by atoms with Crippen LogP contribution in [0.25, 0.3) is 0 Å². The van der Waals surface area contributed by atoms with E-state index in [0.29, 0.717) is 22.0 Å². The smallest absolute Gasteiger partial charge is 0.291 e. The number of nitrogens with zero attached hydrogens (tertiary/aromatic N) is 1. The first kappa shape index (κ1) is 20.6. The number of nitrogens with one attached hydrogen (secondary N) is 1. The first-order valence-electron chi connectivity index (χ1n) is 8.40. The van der Waals surface area contributed by atoms with Gasteiger partial charge in [0, 0.05) is 35.3 Å². The second-order valence-corrected chi connectivity index (χ2v) is 8.65. The molecule has 3 aromatic rings. The van der Waals surface area contributed by atoms with Gasteiger partial charge in [0.15, 0.2) is 5.76 Å². The van der Waals surface area contributed by atoms with Crippen molar-refractivity contribution in [2.45, 2.75) is 5.09 Å². The standard InChI is InChI=1S/C20H17ClN2O5S/c1-23(20(25)13-3-5-14(21)6-4-13)16-9-7-15(8-10-16)22-19(24)17-11-12-18(28-17)29(2,26)27/h3-12H,1-2H3,(H,22,24). The number of hydrogen-bond donors (Lipinski definition) is 1. The summed E-state index contributed by atoms with van der Waals surface area (Å²) in [6.45, 7) is 0. The Morgan fingerprint density at radius 3 is 2.14 bits per heavy atom. The number of rotatable bonds is 5. The molecule has 2 aromatic carbocycles. The molecular formula is C20H17ClN2O5S. The molecule has 0 aliphatic carbocycles. The Labute approximate surface area is 172 Å². The largest absolute Gasteiger partial charge is 0.440 e. The molecule has 0 unspecified atom stereocenters. The van der Waals surface area contributed by atoms with E-state index in [1.807, 2.05) is 0 Å². The zero-order chi connectivity index (χ0) is 21.2. The van der Waals surface area contributed by atoms with Gasteiger partial charge in [-0.15, -0.1) is 0 Å². The molecule has 0 aliphatic rings. The second-order valence-electron chi connectivity index (χ2n) is 6.26. The Morgan fingerprint density at radius 1 is 0.966 bits per heavy atom. The van der Waals surface area contributed by atoms with Crippen LogP contribution in [0.4, 0.5) is 11.4 Å². The van der Waals surface area contributed by atoms with Crippen LogP contribution in [0.2, 0.25) is 5.02 Å². The first-order chi connectivity index (χ1) is 13.6. The molecule has 1 aromatic heterocycles. The maximum atomic E-state index is 12.5. The Balaban J connectivity index is 1.69. The molecule has 9 heteroatoms. The van der Waals surface area contributed by atoms with Crippen molar-refractivity contribution in [1.82, 2.24) is 0 Å². The van der Waals surface area contributed by atoms with Gasteiger partial charge in [0.25, 0.3) is 11.8 Å². The molecule has 29 heavy (non-hydrogen) atoms. The topological polar surface area (TPSA) is 96.7 Å². The molecule has 0 saturated heterocycles. The average Bonchev–Trinajstić information content (AvgIpc) is 3.19. The number of sulfone groups is 1. The lowest BCUT2D eigenvalue weighted by molar-refractivity contribution is 0.0984. The predicted molar refractivity (Wildman–Crippen MR) is 110 cm³/mol. The molecule has 0 fully saturated rings. The zero-order valence-electron chi connectivity index (χ0n) is 15.5. The van der Waals surface area contributed by atoms with E-state index >= 15 is 0 Å². The van der Waals surface area contributed by atoms with Crippen LogP contribution < -0.4 is 10.2 Å². The van der Waals surface area contributed by atoms with Crippen LogP contribution in [0, 0.1) is 0 Å². The molecule has 0 radical (unpaired) electrons. The van der Waals surface area contributed by atoms with Gasteiger partial charge in [-0.2, -0.15) is 0 Å². The lowest BCUT2D eigenvalue weighted by atomic mass is 10.2. The van der Waals surface area contributed by atoms with Gasteiger partial charge in [-0.1, -0.05) is 11.6 Å². The van der Waals surface area contributed by atoms with E-state index < -0.39 is 15.7 Å². The molecule has 1 heterocycles. The SMILES string of the molecule is CN(C(=O)c1ccc(Cl)cc1)c1ccc(NC(=O)c2ccc(S(C)(=O)=O)o2)cc1. The Bertz CT molecular complexity index is 1150. The van der Waals surface area contributed by atoms with Crippen molar-refractivity contribution in [2.24, 2.45) is 0 Å². The fourth-order valence-corrected chi connectivity index (χ4v) is 3.19. The fourth-order valence-electron chi connectivity index (χ4n) is 2.51. The number of amides is 2. The van der Waals surface area contributed by atoms with Crippen LogP contribution in [0.15, 0.2) is 70.2 Å². The highest BCUT2D eigenvalue weighted by Gasteiger charge is 2.18. The third-order valence-electron chi connectivity index (χ3n) is 4.08. The number of hydrogen-bond acceptors (Lipinski definition) is 5. The number of furan rings is 1. The molecule has 0 aliphatic heterocycles. The summed E-state index contributed by atoms with van der Waals surface area (Å²) in [6, 6.07) is 15.7. The van der Waals surface area contributed by atoms with Gasteiger partial charge in [0.1, 0.15) is 0 Å². The lowest BCUT2D eigenvalue weighted by Gasteiger charge is -2.18. The van der Waals surface area contributed by atoms with E-state index in [1.165, 1.54) is 17.0 Å². The summed E-state index contributed by atoms with van der Waals surface area (Å²) in [5, 5.41) is 2.88. The van der Waals surface area contributed by atoms with Crippen molar-refractivity contribution in [3.63, 3.8) is 0 Å². The van der Waals surface area contributed by atoms with Crippen molar-refractivity contribution >= 4 is 44.6 Å². The third-order valence-corrected chi connectivity index (χ3v) is 5.28. The van der Waals surface area contributed by atoms with Gasteiger partial charge in [-0.3, -0.25) is 9.59 Å². The second kappa shape index (κ2) is 8.10. The van der Waals surface area contributed by atoms with Gasteiger partial charge in [0.05, 0.1) is 0 Å². The maximum absolute atomic E-state index is 12.5. The minimum absolute atomic E-state index is 0.121. The van der Waals surface area contributed by atoms with E-state index in [0.717, 1.165) is 6.26 Å². The van der Waals surface area contributed by atoms with Crippen molar-refractivity contribution < 1.29 is 22.4 Å². The molecule has 150 valence electrons. The normalized spacial score (nSPS) is 11.1. The van der Waals surface area contributed by atoms with Gasteiger partial charge < -0.3 is 14.6 Å². The quantitative estimate of drug-likeness (QED) is 0.660. The highest BCUT2D eigenvalue weighted by molar-refractivity contribution is 7.90. The van der Waals surface area contributed by atoms with E-state index in [4.69, 9.17) is 16.0 Å². The summed E-state index contributed by atoms with van der Waals surface area (Å²) in [5.74, 6) is -0.912. The highest BCUT2D eigenvalue weighted by Crippen LogP contribution is 2.21. The van der Waals surface area contributed by atoms with E-state index in [2.05, 4.69) is 5.32 Å². The van der Waals surface area contributed by atoms with Crippen LogP contribution in [0.3, 0.4) is 0 Å². The van der Waals surface area contributed by atoms with Crippen LogP contribution in [-0.2, 0) is 9.84 Å². The molecule has 3 rings (SSSR count). The minimum Gasteiger partial charge on any atom is -0.440 e. The number of benzene rings is 2. The summed E-state index contributed by atoms with van der Waals surface area (Å²) in [6.07, 6.45) is 0.994. The number of halogens is 1. The Hall–Kier alpha value is -3.10. The molecular weight excluding hydrogens is 416 g/mol. The molecule has 7 nitrogen and oxygen atoms in total. The van der Waals surface area contributed by atoms with Crippen LogP contribution >= 0.6 is 11.6 Å². The summed E-state index contributed by atoms with van der Waals surface area (Å²) in [5.41, 5.74) is 1.58. The molecule has 0 bridgehead atoms. The van der Waals surface area contributed by atoms with E-state index in [1.54, 1.807) is 55.6 Å². The van der Waals surface area contributed by atoms with Crippen molar-refractivity contribution in [1.29, 1.82) is 0 Å². The number of carbonyl (C=O) groups is 2. The van der Waals surface area contributed by atoms with Gasteiger partial charge in [0.2, 0.25) is 14.9 Å². The minimum atomic E-state index is -3.53. The fraction of sp³-hybridized carbons (Fsp3) is 0.100. The Morgan fingerprint density at radius 2 is 1.59 bits per heavy atom. The molecule has 0 saturated carbocycles. The van der Waals surface area contributed by atoms with Gasteiger partial charge >= 0.3 is 0 Å². The first-order valence-corrected chi connectivity index (χ1v) is 10.7. The van der Waals surface area contributed by atoms with Crippen LogP contribution in [0.5, 0.6) is 0 Å². The third kappa shape index (κ3) is 4.85. The summed E-state index contributed by atoms with van der Waals surface area (Å²) in [7, 11) is -1.89. The van der Waals surface area contributed by atoms with E-state index in [-0.39, 0.29) is 16.8 Å². The highest BCUT2D eigenvalue weighted by atomic mass is 35.5. The zero-order valence-corrected chi connectivity index (χ0v) is 17.1.